The van der Waals surface area contributed by atoms with Crippen molar-refractivity contribution in [3.63, 3.8) is 0 Å². The topological polar surface area (TPSA) is 84.2 Å². The Kier molecular flexibility index (Phi) is 5.16. The Morgan fingerprint density at radius 1 is 1.15 bits per heavy atom. The third-order valence-corrected chi connectivity index (χ3v) is 5.64. The molecule has 27 heavy (non-hydrogen) atoms. The van der Waals surface area contributed by atoms with Crippen LogP contribution in [-0.4, -0.2) is 28.9 Å². The number of aromatic nitrogens is 1. The number of carbonyl (C=O) groups excluding carboxylic acids is 2. The number of fused-ring (bicyclic) bond motifs is 2. The molecule has 0 unspecified atom stereocenters. The minimum atomic E-state index is -0.304. The Morgan fingerprint density at radius 2 is 1.96 bits per heavy atom. The summed E-state index contributed by atoms with van der Waals surface area (Å²) in [7, 11) is 0. The van der Waals surface area contributed by atoms with Gasteiger partial charge < -0.3 is 15.2 Å². The van der Waals surface area contributed by atoms with Gasteiger partial charge in [0, 0.05) is 12.0 Å². The van der Waals surface area contributed by atoms with Gasteiger partial charge >= 0.3 is 0 Å². The zero-order valence-electron chi connectivity index (χ0n) is 15.0. The molecule has 4 rings (SSSR count). The van der Waals surface area contributed by atoms with Gasteiger partial charge in [0.15, 0.2) is 5.69 Å². The summed E-state index contributed by atoms with van der Waals surface area (Å²) in [6.45, 7) is 0. The highest BCUT2D eigenvalue weighted by atomic mass is 35.5. The molecule has 0 spiro atoms. The van der Waals surface area contributed by atoms with Crippen molar-refractivity contribution in [2.24, 2.45) is 0 Å². The lowest BCUT2D eigenvalue weighted by atomic mass is 10.1. The van der Waals surface area contributed by atoms with Crippen LogP contribution in [0.3, 0.4) is 0 Å². The molecule has 0 fully saturated rings. The maximum atomic E-state index is 12.9. The molecule has 142 valence electrons. The Balaban J connectivity index is 1.55. The van der Waals surface area contributed by atoms with Crippen LogP contribution < -0.4 is 10.6 Å². The Morgan fingerprint density at radius 3 is 2.81 bits per heavy atom. The molecule has 2 aliphatic carbocycles. The molecule has 2 atom stereocenters. The van der Waals surface area contributed by atoms with Crippen LogP contribution >= 0.6 is 11.6 Å². The normalized spacial score (nSPS) is 21.1. The van der Waals surface area contributed by atoms with Gasteiger partial charge in [0.25, 0.3) is 5.91 Å². The van der Waals surface area contributed by atoms with Crippen molar-refractivity contribution in [3.05, 3.63) is 52.4 Å². The smallest absolute Gasteiger partial charge is 0.274 e. The zero-order chi connectivity index (χ0) is 18.8. The molecule has 0 aliphatic heterocycles. The molecule has 2 N–H and O–H groups in total. The van der Waals surface area contributed by atoms with Crippen molar-refractivity contribution in [1.82, 2.24) is 15.8 Å². The number of aryl methyl sites for hydroxylation is 1. The standard InChI is InChI=1S/C20H22ClN3O3/c21-11-17(25)23-18-13-7-5-4-6-12(13)10-15(18)22-20(26)19-14-8-2-1-3-9-16(14)27-24-19/h4-7,15,18H,1-3,8-11H2,(H,22,26)(H,23,25)/t15-,18-/m1/s1. The van der Waals surface area contributed by atoms with Crippen molar-refractivity contribution in [2.45, 2.75) is 50.6 Å². The predicted molar refractivity (Wildman–Crippen MR) is 101 cm³/mol. The second kappa shape index (κ2) is 7.72. The number of hydrogen-bond donors (Lipinski definition) is 2. The van der Waals surface area contributed by atoms with Crippen molar-refractivity contribution >= 4 is 23.4 Å². The molecule has 2 aliphatic rings. The number of halogens is 1. The van der Waals surface area contributed by atoms with Crippen molar-refractivity contribution < 1.29 is 14.1 Å². The molecule has 2 aromatic rings. The fraction of sp³-hybridized carbons (Fsp3) is 0.450. The number of hydrogen-bond acceptors (Lipinski definition) is 4. The van der Waals surface area contributed by atoms with Crippen LogP contribution in [0.15, 0.2) is 28.8 Å². The van der Waals surface area contributed by atoms with Gasteiger partial charge in [0.05, 0.1) is 12.1 Å². The Labute approximate surface area is 162 Å². The summed E-state index contributed by atoms with van der Waals surface area (Å²) in [6.07, 6.45) is 5.54. The van der Waals surface area contributed by atoms with E-state index in [1.807, 2.05) is 24.3 Å². The summed E-state index contributed by atoms with van der Waals surface area (Å²) < 4.78 is 5.43. The molecular weight excluding hydrogens is 366 g/mol. The molecule has 1 heterocycles. The first kappa shape index (κ1) is 18.0. The van der Waals surface area contributed by atoms with E-state index in [1.165, 1.54) is 0 Å². The van der Waals surface area contributed by atoms with E-state index < -0.39 is 0 Å². The number of alkyl halides is 1. The summed E-state index contributed by atoms with van der Waals surface area (Å²) in [5.41, 5.74) is 3.44. The minimum absolute atomic E-state index is 0.115. The first-order valence-corrected chi connectivity index (χ1v) is 9.92. The average Bonchev–Trinajstić information content (AvgIpc) is 3.14. The summed E-state index contributed by atoms with van der Waals surface area (Å²) in [5.74, 6) is 0.216. The number of nitrogens with one attached hydrogen (secondary N) is 2. The molecule has 6 nitrogen and oxygen atoms in total. The lowest BCUT2D eigenvalue weighted by Crippen LogP contribution is -2.45. The summed E-state index contributed by atoms with van der Waals surface area (Å²) in [4.78, 5) is 24.8. The first-order valence-electron chi connectivity index (χ1n) is 9.38. The minimum Gasteiger partial charge on any atom is -0.360 e. The summed E-state index contributed by atoms with van der Waals surface area (Å²) in [6, 6.07) is 7.33. The summed E-state index contributed by atoms with van der Waals surface area (Å²) >= 11 is 5.67. The molecule has 0 saturated heterocycles. The van der Waals surface area contributed by atoms with Gasteiger partial charge in [-0.15, -0.1) is 11.6 Å². The number of carbonyl (C=O) groups is 2. The maximum absolute atomic E-state index is 12.9. The molecule has 0 radical (unpaired) electrons. The number of rotatable bonds is 4. The van der Waals surface area contributed by atoms with Crippen LogP contribution in [0.25, 0.3) is 0 Å². The van der Waals surface area contributed by atoms with Crippen LogP contribution in [0, 0.1) is 0 Å². The fourth-order valence-corrected chi connectivity index (χ4v) is 4.17. The fourth-order valence-electron chi connectivity index (χ4n) is 4.10. The van der Waals surface area contributed by atoms with Crippen LogP contribution in [0.5, 0.6) is 0 Å². The molecule has 0 bridgehead atoms. The molecule has 0 saturated carbocycles. The third-order valence-electron chi connectivity index (χ3n) is 5.40. The lowest BCUT2D eigenvalue weighted by Gasteiger charge is -2.22. The Hall–Kier alpha value is -2.34. The van der Waals surface area contributed by atoms with Crippen LogP contribution in [0.4, 0.5) is 0 Å². The Bertz CT molecular complexity index is 864. The quantitative estimate of drug-likeness (QED) is 0.624. The molecule has 1 aromatic carbocycles. The first-order chi connectivity index (χ1) is 13.2. The highest BCUT2D eigenvalue weighted by Crippen LogP contribution is 2.32. The van der Waals surface area contributed by atoms with E-state index in [-0.39, 0.29) is 29.8 Å². The molecule has 1 aromatic heterocycles. The average molecular weight is 388 g/mol. The number of amides is 2. The lowest BCUT2D eigenvalue weighted by molar-refractivity contribution is -0.119. The zero-order valence-corrected chi connectivity index (χ0v) is 15.7. The van der Waals surface area contributed by atoms with E-state index in [1.54, 1.807) is 0 Å². The second-order valence-electron chi connectivity index (χ2n) is 7.16. The summed E-state index contributed by atoms with van der Waals surface area (Å²) in [5, 5.41) is 10.0. The number of nitrogens with zero attached hydrogens (tertiary/aromatic N) is 1. The molecular formula is C20H22ClN3O3. The number of benzene rings is 1. The molecule has 2 amide bonds. The van der Waals surface area contributed by atoms with Crippen molar-refractivity contribution in [2.75, 3.05) is 5.88 Å². The highest BCUT2D eigenvalue weighted by Gasteiger charge is 2.35. The predicted octanol–water partition coefficient (Wildman–Crippen LogP) is 2.69. The van der Waals surface area contributed by atoms with Crippen LogP contribution in [0.2, 0.25) is 0 Å². The van der Waals surface area contributed by atoms with Gasteiger partial charge in [-0.25, -0.2) is 0 Å². The van der Waals surface area contributed by atoms with Crippen LogP contribution in [0.1, 0.15) is 58.2 Å². The van der Waals surface area contributed by atoms with Gasteiger partial charge in [-0.3, -0.25) is 9.59 Å². The van der Waals surface area contributed by atoms with E-state index in [2.05, 4.69) is 15.8 Å². The van der Waals surface area contributed by atoms with Crippen LogP contribution in [-0.2, 0) is 24.1 Å². The van der Waals surface area contributed by atoms with Crippen molar-refractivity contribution in [1.29, 1.82) is 0 Å². The van der Waals surface area contributed by atoms with Gasteiger partial charge in [0.2, 0.25) is 5.91 Å². The largest absolute Gasteiger partial charge is 0.360 e. The van der Waals surface area contributed by atoms with Gasteiger partial charge in [-0.1, -0.05) is 35.8 Å². The van der Waals surface area contributed by atoms with E-state index in [9.17, 15) is 9.59 Å². The van der Waals surface area contributed by atoms with E-state index in [0.717, 1.165) is 54.6 Å². The molecule has 7 heteroatoms. The maximum Gasteiger partial charge on any atom is 0.274 e. The van der Waals surface area contributed by atoms with Gasteiger partial charge in [0.1, 0.15) is 11.6 Å². The van der Waals surface area contributed by atoms with Crippen molar-refractivity contribution in [3.8, 4) is 0 Å². The van der Waals surface area contributed by atoms with E-state index >= 15 is 0 Å². The van der Waals surface area contributed by atoms with Gasteiger partial charge in [-0.2, -0.15) is 0 Å². The van der Waals surface area contributed by atoms with Gasteiger partial charge in [-0.05, 0) is 36.8 Å². The monoisotopic (exact) mass is 387 g/mol. The van der Waals surface area contributed by atoms with E-state index in [4.69, 9.17) is 16.1 Å². The SMILES string of the molecule is O=C(CCl)N[C@@H]1c2ccccc2C[C@H]1NC(=O)c1noc2c1CCCCC2. The second-order valence-corrected chi connectivity index (χ2v) is 7.42. The highest BCUT2D eigenvalue weighted by molar-refractivity contribution is 6.27. The van der Waals surface area contributed by atoms with E-state index in [0.29, 0.717) is 12.1 Å². The third kappa shape index (κ3) is 3.58.